The lowest BCUT2D eigenvalue weighted by molar-refractivity contribution is -0.0502. The molecule has 2 heterocycles. The Hall–Kier alpha value is -1.14. The van der Waals surface area contributed by atoms with Gasteiger partial charge in [-0.15, -0.1) is 5.10 Å². The van der Waals surface area contributed by atoms with Crippen molar-refractivity contribution < 1.29 is 4.74 Å². The average Bonchev–Trinajstić information content (AvgIpc) is 3.04. The van der Waals surface area contributed by atoms with Gasteiger partial charge in [-0.1, -0.05) is 5.21 Å². The molecular weight excluding hydrogens is 302 g/mol. The van der Waals surface area contributed by atoms with Crippen LogP contribution in [0.1, 0.15) is 38.5 Å². The van der Waals surface area contributed by atoms with Gasteiger partial charge in [-0.05, 0) is 56.3 Å². The van der Waals surface area contributed by atoms with Crippen LogP contribution >= 0.6 is 0 Å². The van der Waals surface area contributed by atoms with Crippen molar-refractivity contribution >= 4 is 5.82 Å². The van der Waals surface area contributed by atoms with E-state index in [1.165, 1.54) is 38.5 Å². The molecule has 0 aromatic carbocycles. The molecule has 1 saturated heterocycles. The Kier molecular flexibility index (Phi) is 3.78. The molecule has 1 aliphatic heterocycles. The number of morpholine rings is 1. The van der Waals surface area contributed by atoms with E-state index in [2.05, 4.69) is 31.4 Å². The van der Waals surface area contributed by atoms with E-state index < -0.39 is 0 Å². The van der Waals surface area contributed by atoms with E-state index in [1.54, 1.807) is 0 Å². The molecule has 5 aliphatic rings. The molecule has 0 amide bonds. The van der Waals surface area contributed by atoms with E-state index in [9.17, 15) is 0 Å². The summed E-state index contributed by atoms with van der Waals surface area (Å²) in [6, 6.07) is 0. The molecule has 0 unspecified atom stereocenters. The van der Waals surface area contributed by atoms with Crippen molar-refractivity contribution in [2.75, 3.05) is 44.7 Å². The molecule has 5 fully saturated rings. The molecule has 4 bridgehead atoms. The zero-order valence-electron chi connectivity index (χ0n) is 14.5. The van der Waals surface area contributed by atoms with E-state index in [0.29, 0.717) is 0 Å². The van der Waals surface area contributed by atoms with Gasteiger partial charge >= 0.3 is 0 Å². The monoisotopic (exact) mass is 331 g/mol. The Balaban J connectivity index is 1.21. The fourth-order valence-electron chi connectivity index (χ4n) is 6.09. The van der Waals surface area contributed by atoms with Crippen LogP contribution in [0.4, 0.5) is 5.82 Å². The zero-order valence-corrected chi connectivity index (χ0v) is 14.5. The highest BCUT2D eigenvalue weighted by Gasteiger charge is 2.52. The summed E-state index contributed by atoms with van der Waals surface area (Å²) in [7, 11) is 0. The van der Waals surface area contributed by atoms with Gasteiger partial charge in [0.25, 0.3) is 0 Å². The first-order valence-corrected chi connectivity index (χ1v) is 9.76. The number of hydrogen-bond acceptors (Lipinski definition) is 5. The molecule has 1 N–H and O–H groups in total. The van der Waals surface area contributed by atoms with Gasteiger partial charge < -0.3 is 10.1 Å². The van der Waals surface area contributed by atoms with E-state index in [0.717, 1.165) is 63.0 Å². The number of nitrogens with zero attached hydrogens (tertiary/aromatic N) is 4. The SMILES string of the molecule is c1c(NCCN2CCOCC2)nnn1C12CC3CC(CC(C3)C1)C2. The standard InChI is InChI=1S/C18H29N5O/c1(2-22-3-5-24-6-4-22)19-17-13-23(21-20-17)18-10-14-7-15(11-18)9-16(8-14)12-18/h13-16,19H,1-12H2. The van der Waals surface area contributed by atoms with Crippen molar-refractivity contribution in [2.24, 2.45) is 17.8 Å². The zero-order chi connectivity index (χ0) is 16.0. The van der Waals surface area contributed by atoms with E-state index >= 15 is 0 Å². The molecule has 24 heavy (non-hydrogen) atoms. The summed E-state index contributed by atoms with van der Waals surface area (Å²) in [6.45, 7) is 5.79. The number of ether oxygens (including phenoxy) is 1. The lowest BCUT2D eigenvalue weighted by Gasteiger charge is -2.56. The summed E-state index contributed by atoms with van der Waals surface area (Å²) in [5.74, 6) is 3.77. The highest BCUT2D eigenvalue weighted by molar-refractivity contribution is 5.30. The Bertz CT molecular complexity index is 544. The van der Waals surface area contributed by atoms with Crippen molar-refractivity contribution in [1.82, 2.24) is 19.9 Å². The van der Waals surface area contributed by atoms with Crippen molar-refractivity contribution in [3.05, 3.63) is 6.20 Å². The maximum absolute atomic E-state index is 5.40. The molecule has 1 aromatic heterocycles. The minimum atomic E-state index is 0.284. The fourth-order valence-corrected chi connectivity index (χ4v) is 6.09. The summed E-state index contributed by atoms with van der Waals surface area (Å²) in [6.07, 6.45) is 10.6. The summed E-state index contributed by atoms with van der Waals surface area (Å²) < 4.78 is 7.63. The van der Waals surface area contributed by atoms with Crippen LogP contribution in [0.5, 0.6) is 0 Å². The maximum atomic E-state index is 5.40. The Labute approximate surface area is 143 Å². The van der Waals surface area contributed by atoms with Crippen LogP contribution in [0.3, 0.4) is 0 Å². The first-order chi connectivity index (χ1) is 11.8. The van der Waals surface area contributed by atoms with Crippen LogP contribution in [0.2, 0.25) is 0 Å². The average molecular weight is 331 g/mol. The van der Waals surface area contributed by atoms with Crippen LogP contribution < -0.4 is 5.32 Å². The topological polar surface area (TPSA) is 55.2 Å². The number of hydrogen-bond donors (Lipinski definition) is 1. The van der Waals surface area contributed by atoms with Crippen molar-refractivity contribution in [1.29, 1.82) is 0 Å². The molecule has 0 spiro atoms. The summed E-state index contributed by atoms with van der Waals surface area (Å²) >= 11 is 0. The molecule has 0 radical (unpaired) electrons. The molecule has 4 aliphatic carbocycles. The fraction of sp³-hybridized carbons (Fsp3) is 0.889. The second-order valence-corrected chi connectivity index (χ2v) is 8.57. The van der Waals surface area contributed by atoms with E-state index in [1.807, 2.05) is 0 Å². The summed E-state index contributed by atoms with van der Waals surface area (Å²) in [5, 5.41) is 12.4. The first kappa shape index (κ1) is 15.1. The van der Waals surface area contributed by atoms with E-state index in [-0.39, 0.29) is 5.54 Å². The number of rotatable bonds is 5. The molecule has 6 heteroatoms. The van der Waals surface area contributed by atoms with Crippen LogP contribution in [0, 0.1) is 17.8 Å². The number of anilines is 1. The highest BCUT2D eigenvalue weighted by Crippen LogP contribution is 2.58. The maximum Gasteiger partial charge on any atom is 0.168 e. The molecule has 6 rings (SSSR count). The third kappa shape index (κ3) is 2.73. The quantitative estimate of drug-likeness (QED) is 0.894. The van der Waals surface area contributed by atoms with Gasteiger partial charge in [0.1, 0.15) is 0 Å². The van der Waals surface area contributed by atoms with Gasteiger partial charge in [-0.25, -0.2) is 4.68 Å². The predicted molar refractivity (Wildman–Crippen MR) is 91.9 cm³/mol. The Morgan fingerprint density at radius 1 is 1.08 bits per heavy atom. The van der Waals surface area contributed by atoms with Crippen molar-refractivity contribution in [3.8, 4) is 0 Å². The van der Waals surface area contributed by atoms with Crippen molar-refractivity contribution in [2.45, 2.75) is 44.1 Å². The van der Waals surface area contributed by atoms with Gasteiger partial charge in [-0.3, -0.25) is 4.90 Å². The predicted octanol–water partition coefficient (Wildman–Crippen LogP) is 1.95. The lowest BCUT2D eigenvalue weighted by Crippen LogP contribution is -2.52. The molecule has 4 saturated carbocycles. The Morgan fingerprint density at radius 3 is 2.42 bits per heavy atom. The number of nitrogens with one attached hydrogen (secondary N) is 1. The van der Waals surface area contributed by atoms with Gasteiger partial charge in [0.2, 0.25) is 0 Å². The minimum Gasteiger partial charge on any atom is -0.379 e. The summed E-state index contributed by atoms with van der Waals surface area (Å²) in [5.41, 5.74) is 0.284. The van der Waals surface area contributed by atoms with Crippen LogP contribution in [0.15, 0.2) is 6.20 Å². The highest BCUT2D eigenvalue weighted by atomic mass is 16.5. The second-order valence-electron chi connectivity index (χ2n) is 8.57. The van der Waals surface area contributed by atoms with Crippen LogP contribution in [-0.4, -0.2) is 59.3 Å². The molecule has 6 nitrogen and oxygen atoms in total. The van der Waals surface area contributed by atoms with Gasteiger partial charge in [0.05, 0.1) is 24.9 Å². The minimum absolute atomic E-state index is 0.284. The smallest absolute Gasteiger partial charge is 0.168 e. The third-order valence-electron chi connectivity index (χ3n) is 6.82. The summed E-state index contributed by atoms with van der Waals surface area (Å²) in [4.78, 5) is 2.44. The molecule has 132 valence electrons. The third-order valence-corrected chi connectivity index (χ3v) is 6.82. The van der Waals surface area contributed by atoms with Gasteiger partial charge in [0, 0.05) is 26.2 Å². The number of aromatic nitrogens is 3. The van der Waals surface area contributed by atoms with Crippen LogP contribution in [-0.2, 0) is 10.3 Å². The normalized spacial score (nSPS) is 38.6. The molecular formula is C18H29N5O. The van der Waals surface area contributed by atoms with Gasteiger partial charge in [-0.2, -0.15) is 0 Å². The van der Waals surface area contributed by atoms with E-state index in [4.69, 9.17) is 4.74 Å². The molecule has 0 atom stereocenters. The lowest BCUT2D eigenvalue weighted by atomic mass is 9.53. The first-order valence-electron chi connectivity index (χ1n) is 9.76. The van der Waals surface area contributed by atoms with Crippen LogP contribution in [0.25, 0.3) is 0 Å². The van der Waals surface area contributed by atoms with Gasteiger partial charge in [0.15, 0.2) is 5.82 Å². The Morgan fingerprint density at radius 2 is 1.75 bits per heavy atom. The molecule has 1 aromatic rings. The largest absolute Gasteiger partial charge is 0.379 e. The van der Waals surface area contributed by atoms with Crippen molar-refractivity contribution in [3.63, 3.8) is 0 Å². The second kappa shape index (κ2) is 5.99.